The molecule has 0 aliphatic rings. The van der Waals surface area contributed by atoms with Crippen LogP contribution in [0.1, 0.15) is 10.6 Å². The second-order valence-corrected chi connectivity index (χ2v) is 5.94. The molecular formula is C12H16BrN5S. The first-order chi connectivity index (χ1) is 9.15. The summed E-state index contributed by atoms with van der Waals surface area (Å²) in [5.41, 5.74) is 6.69. The van der Waals surface area contributed by atoms with Gasteiger partial charge in [0.25, 0.3) is 0 Å². The summed E-state index contributed by atoms with van der Waals surface area (Å²) in [5.74, 6) is 0.453. The highest BCUT2D eigenvalue weighted by molar-refractivity contribution is 9.10. The van der Waals surface area contributed by atoms with Crippen molar-refractivity contribution in [3.63, 3.8) is 0 Å². The molecule has 0 atom stereocenters. The predicted octanol–water partition coefficient (Wildman–Crippen LogP) is 1.89. The molecule has 3 N–H and O–H groups in total. The van der Waals surface area contributed by atoms with Gasteiger partial charge in [0.15, 0.2) is 5.96 Å². The topological polar surface area (TPSA) is 68.2 Å². The highest BCUT2D eigenvalue weighted by Gasteiger charge is 2.03. The van der Waals surface area contributed by atoms with Gasteiger partial charge >= 0.3 is 0 Å². The molecule has 0 aliphatic heterocycles. The zero-order chi connectivity index (χ0) is 13.7. The van der Waals surface area contributed by atoms with Crippen LogP contribution in [0.4, 0.5) is 0 Å². The quantitative estimate of drug-likeness (QED) is 0.644. The van der Waals surface area contributed by atoms with E-state index in [1.54, 1.807) is 16.0 Å². The van der Waals surface area contributed by atoms with E-state index in [4.69, 9.17) is 5.73 Å². The van der Waals surface area contributed by atoms with E-state index in [1.807, 2.05) is 13.2 Å². The molecule has 5 nitrogen and oxygen atoms in total. The zero-order valence-corrected chi connectivity index (χ0v) is 13.0. The molecule has 0 spiro atoms. The lowest BCUT2D eigenvalue weighted by molar-refractivity contribution is 0.741. The van der Waals surface area contributed by atoms with E-state index >= 15 is 0 Å². The monoisotopic (exact) mass is 341 g/mol. The Hall–Kier alpha value is -1.34. The summed E-state index contributed by atoms with van der Waals surface area (Å²) in [6.45, 7) is 1.26. The maximum Gasteiger partial charge on any atom is 0.188 e. The molecule has 2 aromatic rings. The van der Waals surface area contributed by atoms with Crippen LogP contribution in [-0.4, -0.2) is 22.3 Å². The van der Waals surface area contributed by atoms with Crippen molar-refractivity contribution in [3.05, 3.63) is 38.8 Å². The number of nitrogens with zero attached hydrogens (tertiary/aromatic N) is 3. The highest BCUT2D eigenvalue weighted by Crippen LogP contribution is 2.14. The molecule has 0 unspecified atom stereocenters. The first-order valence-electron chi connectivity index (χ1n) is 5.89. The lowest BCUT2D eigenvalue weighted by Crippen LogP contribution is -2.33. The van der Waals surface area contributed by atoms with Gasteiger partial charge in [-0.1, -0.05) is 6.07 Å². The van der Waals surface area contributed by atoms with Crippen molar-refractivity contribution in [2.45, 2.75) is 13.0 Å². The third-order valence-electron chi connectivity index (χ3n) is 2.51. The number of aromatic nitrogens is 2. The summed E-state index contributed by atoms with van der Waals surface area (Å²) in [6.07, 6.45) is 2.85. The van der Waals surface area contributed by atoms with Crippen molar-refractivity contribution in [2.24, 2.45) is 17.8 Å². The second kappa shape index (κ2) is 6.72. The summed E-state index contributed by atoms with van der Waals surface area (Å²) >= 11 is 5.18. The number of rotatable bonds is 5. The van der Waals surface area contributed by atoms with Gasteiger partial charge in [-0.05, 0) is 33.8 Å². The first-order valence-corrected chi connectivity index (χ1v) is 7.56. The van der Waals surface area contributed by atoms with E-state index < -0.39 is 0 Å². The van der Waals surface area contributed by atoms with Crippen molar-refractivity contribution >= 4 is 33.2 Å². The van der Waals surface area contributed by atoms with E-state index in [0.717, 1.165) is 23.1 Å². The van der Waals surface area contributed by atoms with Crippen LogP contribution in [0.2, 0.25) is 0 Å². The molecular weight excluding hydrogens is 326 g/mol. The lowest BCUT2D eigenvalue weighted by atomic mass is 10.3. The number of halogens is 1. The van der Waals surface area contributed by atoms with Crippen molar-refractivity contribution in [2.75, 3.05) is 6.54 Å². The summed E-state index contributed by atoms with van der Waals surface area (Å²) < 4.78 is 2.69. The maximum atomic E-state index is 5.81. The van der Waals surface area contributed by atoms with Gasteiger partial charge in [0.1, 0.15) is 0 Å². The predicted molar refractivity (Wildman–Crippen MR) is 82.3 cm³/mol. The van der Waals surface area contributed by atoms with E-state index in [0.29, 0.717) is 12.5 Å². The van der Waals surface area contributed by atoms with Crippen molar-refractivity contribution in [1.82, 2.24) is 15.1 Å². The maximum absolute atomic E-state index is 5.81. The molecule has 0 saturated heterocycles. The minimum Gasteiger partial charge on any atom is -0.370 e. The average molecular weight is 342 g/mol. The molecule has 0 amide bonds. The van der Waals surface area contributed by atoms with Crippen molar-refractivity contribution in [3.8, 4) is 0 Å². The normalized spacial score (nSPS) is 11.8. The molecule has 0 radical (unpaired) electrons. The fourth-order valence-corrected chi connectivity index (χ4v) is 2.81. The number of nitrogens with two attached hydrogens (primary N) is 1. The van der Waals surface area contributed by atoms with Gasteiger partial charge in [-0.2, -0.15) is 5.10 Å². The van der Waals surface area contributed by atoms with E-state index in [1.165, 1.54) is 4.88 Å². The Balaban J connectivity index is 1.78. The lowest BCUT2D eigenvalue weighted by Gasteiger charge is -2.04. The Morgan fingerprint density at radius 1 is 1.63 bits per heavy atom. The molecule has 0 aliphatic carbocycles. The minimum atomic E-state index is 0.453. The van der Waals surface area contributed by atoms with Crippen LogP contribution in [0, 0.1) is 0 Å². The number of hydrogen-bond donors (Lipinski definition) is 2. The third-order valence-corrected chi connectivity index (χ3v) is 4.11. The molecule has 2 rings (SSSR count). The highest BCUT2D eigenvalue weighted by atomic mass is 79.9. The number of aryl methyl sites for hydroxylation is 1. The largest absolute Gasteiger partial charge is 0.370 e. The Bertz CT molecular complexity index is 546. The van der Waals surface area contributed by atoms with Gasteiger partial charge < -0.3 is 11.1 Å². The Morgan fingerprint density at radius 3 is 3.11 bits per heavy atom. The fourth-order valence-electron chi connectivity index (χ4n) is 1.60. The van der Waals surface area contributed by atoms with Gasteiger partial charge in [0.05, 0.1) is 16.7 Å². The van der Waals surface area contributed by atoms with Gasteiger partial charge in [0.2, 0.25) is 0 Å². The first kappa shape index (κ1) is 14.1. The molecule has 0 saturated carbocycles. The molecule has 0 bridgehead atoms. The molecule has 7 heteroatoms. The summed E-state index contributed by atoms with van der Waals surface area (Å²) in [6, 6.07) is 4.17. The molecule has 2 heterocycles. The Kier molecular flexibility index (Phi) is 4.98. The Morgan fingerprint density at radius 2 is 2.47 bits per heavy atom. The fraction of sp³-hybridized carbons (Fsp3) is 0.333. The van der Waals surface area contributed by atoms with E-state index in [9.17, 15) is 0 Å². The number of guanidine groups is 1. The third kappa shape index (κ3) is 4.36. The van der Waals surface area contributed by atoms with Crippen LogP contribution >= 0.6 is 27.3 Å². The van der Waals surface area contributed by atoms with Crippen molar-refractivity contribution < 1.29 is 0 Å². The molecule has 0 aromatic carbocycles. The van der Waals surface area contributed by atoms with E-state index in [2.05, 4.69) is 48.9 Å². The SMILES string of the molecule is Cn1cc(Br)c(CN=C(N)NCCc2cccs2)n1. The smallest absolute Gasteiger partial charge is 0.188 e. The van der Waals surface area contributed by atoms with Crippen LogP contribution < -0.4 is 11.1 Å². The van der Waals surface area contributed by atoms with E-state index in [-0.39, 0.29) is 0 Å². The van der Waals surface area contributed by atoms with Gasteiger partial charge in [-0.15, -0.1) is 11.3 Å². The standard InChI is InChI=1S/C12H16BrN5S/c1-18-8-10(13)11(17-18)7-16-12(14)15-5-4-9-3-2-6-19-9/h2-3,6,8H,4-5,7H2,1H3,(H3,14,15,16). The number of aliphatic imine (C=N–C) groups is 1. The van der Waals surface area contributed by atoms with Gasteiger partial charge in [0, 0.05) is 24.7 Å². The van der Waals surface area contributed by atoms with Crippen LogP contribution in [0.15, 0.2) is 33.2 Å². The van der Waals surface area contributed by atoms with Crippen molar-refractivity contribution in [1.29, 1.82) is 0 Å². The van der Waals surface area contributed by atoms with Crippen LogP contribution in [0.3, 0.4) is 0 Å². The molecule has 2 aromatic heterocycles. The number of thiophene rings is 1. The summed E-state index contributed by atoms with van der Waals surface area (Å²) in [5, 5.41) is 9.46. The van der Waals surface area contributed by atoms with Crippen LogP contribution in [0.5, 0.6) is 0 Å². The minimum absolute atomic E-state index is 0.453. The van der Waals surface area contributed by atoms with Crippen LogP contribution in [0.25, 0.3) is 0 Å². The number of nitrogens with one attached hydrogen (secondary N) is 1. The summed E-state index contributed by atoms with van der Waals surface area (Å²) in [7, 11) is 1.88. The Labute approximate surface area is 124 Å². The van der Waals surface area contributed by atoms with Gasteiger partial charge in [-0.3, -0.25) is 4.68 Å². The molecule has 19 heavy (non-hydrogen) atoms. The zero-order valence-electron chi connectivity index (χ0n) is 10.6. The number of hydrogen-bond acceptors (Lipinski definition) is 3. The average Bonchev–Trinajstić information content (AvgIpc) is 2.97. The van der Waals surface area contributed by atoms with Gasteiger partial charge in [-0.25, -0.2) is 4.99 Å². The van der Waals surface area contributed by atoms with Crippen LogP contribution in [-0.2, 0) is 20.0 Å². The summed E-state index contributed by atoms with van der Waals surface area (Å²) in [4.78, 5) is 5.61. The molecule has 102 valence electrons. The second-order valence-electron chi connectivity index (χ2n) is 4.06. The molecule has 0 fully saturated rings.